The van der Waals surface area contributed by atoms with Crippen LogP contribution in [0.25, 0.3) is 5.82 Å². The van der Waals surface area contributed by atoms with Crippen molar-refractivity contribution >= 4 is 11.6 Å². The Kier molecular flexibility index (Phi) is 5.97. The third-order valence-electron chi connectivity index (χ3n) is 5.20. The van der Waals surface area contributed by atoms with Crippen LogP contribution in [-0.4, -0.2) is 46.1 Å². The minimum Gasteiger partial charge on any atom is -0.480 e. The maximum atomic E-state index is 13.8. The Hall–Kier alpha value is -3.63. The fourth-order valence-corrected chi connectivity index (χ4v) is 3.57. The number of carbonyl (C=O) groups is 1. The van der Waals surface area contributed by atoms with Crippen LogP contribution in [0, 0.1) is 0 Å². The van der Waals surface area contributed by atoms with Gasteiger partial charge in [-0.2, -0.15) is 18.3 Å². The van der Waals surface area contributed by atoms with E-state index in [1.807, 2.05) is 24.3 Å². The van der Waals surface area contributed by atoms with Crippen LogP contribution in [0.15, 0.2) is 42.6 Å². The van der Waals surface area contributed by atoms with Gasteiger partial charge in [0, 0.05) is 31.4 Å². The number of ether oxygens (including phenoxy) is 1. The summed E-state index contributed by atoms with van der Waals surface area (Å²) in [6, 6.07) is 10.3. The number of hydrogen-bond acceptors (Lipinski definition) is 6. The van der Waals surface area contributed by atoms with Crippen molar-refractivity contribution in [2.24, 2.45) is 0 Å². The van der Waals surface area contributed by atoms with Gasteiger partial charge in [0.1, 0.15) is 0 Å². The van der Waals surface area contributed by atoms with Gasteiger partial charge in [0.25, 0.3) is 5.91 Å². The molecule has 0 atom stereocenters. The molecule has 8 nitrogen and oxygen atoms in total. The van der Waals surface area contributed by atoms with E-state index in [1.54, 1.807) is 0 Å². The van der Waals surface area contributed by atoms with Gasteiger partial charge in [0.15, 0.2) is 11.5 Å². The lowest BCUT2D eigenvalue weighted by Crippen LogP contribution is -2.26. The Morgan fingerprint density at radius 3 is 2.41 bits per heavy atom. The Balaban J connectivity index is 1.51. The number of nitrogens with zero attached hydrogens (tertiary/aromatic N) is 5. The van der Waals surface area contributed by atoms with Crippen LogP contribution in [0.4, 0.5) is 18.9 Å². The molecule has 0 saturated carbocycles. The van der Waals surface area contributed by atoms with E-state index in [0.717, 1.165) is 43.4 Å². The summed E-state index contributed by atoms with van der Waals surface area (Å²) >= 11 is 0. The maximum absolute atomic E-state index is 13.8. The van der Waals surface area contributed by atoms with Crippen molar-refractivity contribution in [3.8, 4) is 11.7 Å². The number of alkyl halides is 3. The predicted molar refractivity (Wildman–Crippen MR) is 110 cm³/mol. The molecule has 1 N–H and O–H groups in total. The maximum Gasteiger partial charge on any atom is 0.434 e. The summed E-state index contributed by atoms with van der Waals surface area (Å²) in [6.07, 6.45) is -1.63. The van der Waals surface area contributed by atoms with Gasteiger partial charge in [-0.3, -0.25) is 4.79 Å². The van der Waals surface area contributed by atoms with Gasteiger partial charge in [-0.15, -0.1) is 10.2 Å². The second-order valence-electron chi connectivity index (χ2n) is 7.29. The van der Waals surface area contributed by atoms with Gasteiger partial charge in [0.05, 0.1) is 18.9 Å². The first-order chi connectivity index (χ1) is 15.4. The number of hydrogen-bond donors (Lipinski definition) is 1. The molecule has 1 saturated heterocycles. The van der Waals surface area contributed by atoms with E-state index in [2.05, 4.69) is 25.5 Å². The Morgan fingerprint density at radius 2 is 1.81 bits per heavy atom. The Bertz CT molecular complexity index is 1070. The molecular formula is C21H21F3N6O2. The molecule has 1 aliphatic heterocycles. The molecule has 168 valence electrons. The normalized spacial score (nSPS) is 13.9. The molecule has 0 radical (unpaired) electrons. The smallest absolute Gasteiger partial charge is 0.434 e. The van der Waals surface area contributed by atoms with Crippen LogP contribution in [0.2, 0.25) is 0 Å². The average Bonchev–Trinajstić information content (AvgIpc) is 3.48. The molecule has 1 aliphatic rings. The quantitative estimate of drug-likeness (QED) is 0.626. The lowest BCUT2D eigenvalue weighted by molar-refractivity contribution is -0.143. The van der Waals surface area contributed by atoms with Crippen molar-refractivity contribution in [1.29, 1.82) is 0 Å². The molecular weight excluding hydrogens is 425 g/mol. The fraction of sp³-hybridized carbons (Fsp3) is 0.333. The second kappa shape index (κ2) is 8.85. The van der Waals surface area contributed by atoms with Crippen molar-refractivity contribution < 1.29 is 22.7 Å². The van der Waals surface area contributed by atoms with Crippen molar-refractivity contribution in [2.45, 2.75) is 25.6 Å². The van der Waals surface area contributed by atoms with Gasteiger partial charge in [-0.1, -0.05) is 12.1 Å². The van der Waals surface area contributed by atoms with Crippen molar-refractivity contribution in [3.05, 3.63) is 59.4 Å². The summed E-state index contributed by atoms with van der Waals surface area (Å²) in [4.78, 5) is 14.9. The summed E-state index contributed by atoms with van der Waals surface area (Å²) in [6.45, 7) is 2.11. The highest BCUT2D eigenvalue weighted by Gasteiger charge is 2.41. The molecule has 4 rings (SSSR count). The molecule has 3 aromatic rings. The molecule has 3 heterocycles. The molecule has 1 aromatic carbocycles. The topological polar surface area (TPSA) is 85.2 Å². The summed E-state index contributed by atoms with van der Waals surface area (Å²) in [5.74, 6) is -0.925. The summed E-state index contributed by atoms with van der Waals surface area (Å²) in [5, 5.41) is 13.6. The van der Waals surface area contributed by atoms with Crippen molar-refractivity contribution in [1.82, 2.24) is 25.3 Å². The van der Waals surface area contributed by atoms with E-state index in [1.165, 1.54) is 19.2 Å². The van der Waals surface area contributed by atoms with Crippen LogP contribution >= 0.6 is 0 Å². The fourth-order valence-electron chi connectivity index (χ4n) is 3.57. The molecule has 1 amide bonds. The first-order valence-electron chi connectivity index (χ1n) is 10.0. The number of amides is 1. The Labute approximate surface area is 182 Å². The number of methoxy groups -OCH3 is 1. The number of anilines is 1. The molecule has 2 aromatic heterocycles. The standard InChI is InChI=1S/C21H21F3N6O2/c1-32-18-9-8-17(27-28-18)30-19(21(22,23)24)16(13-26-30)20(31)25-12-14-4-6-15(7-5-14)29-10-2-3-11-29/h4-9,13H,2-3,10-12H2,1H3,(H,25,31). The van der Waals surface area contributed by atoms with Crippen LogP contribution in [-0.2, 0) is 12.7 Å². The molecule has 0 spiro atoms. The third kappa shape index (κ3) is 4.51. The van der Waals surface area contributed by atoms with Crippen LogP contribution in [0.3, 0.4) is 0 Å². The highest BCUT2D eigenvalue weighted by Crippen LogP contribution is 2.33. The van der Waals surface area contributed by atoms with Gasteiger partial charge in [0.2, 0.25) is 5.88 Å². The summed E-state index contributed by atoms with van der Waals surface area (Å²) in [7, 11) is 1.36. The Morgan fingerprint density at radius 1 is 1.09 bits per heavy atom. The van der Waals surface area contributed by atoms with Gasteiger partial charge >= 0.3 is 6.18 Å². The second-order valence-corrected chi connectivity index (χ2v) is 7.29. The molecule has 0 bridgehead atoms. The van der Waals surface area contributed by atoms with E-state index < -0.39 is 23.3 Å². The van der Waals surface area contributed by atoms with E-state index in [9.17, 15) is 18.0 Å². The van der Waals surface area contributed by atoms with Gasteiger partial charge < -0.3 is 15.0 Å². The highest BCUT2D eigenvalue weighted by molar-refractivity contribution is 5.95. The van der Waals surface area contributed by atoms with E-state index in [-0.39, 0.29) is 18.2 Å². The predicted octanol–water partition coefficient (Wildman–Crippen LogP) is 3.22. The first kappa shape index (κ1) is 21.6. The zero-order valence-corrected chi connectivity index (χ0v) is 17.3. The molecule has 0 aliphatic carbocycles. The largest absolute Gasteiger partial charge is 0.480 e. The van der Waals surface area contributed by atoms with E-state index in [4.69, 9.17) is 4.74 Å². The molecule has 11 heteroatoms. The lowest BCUT2D eigenvalue weighted by atomic mass is 10.1. The number of benzene rings is 1. The first-order valence-corrected chi connectivity index (χ1v) is 10.0. The van der Waals surface area contributed by atoms with Crippen LogP contribution in [0.1, 0.15) is 34.5 Å². The van der Waals surface area contributed by atoms with E-state index in [0.29, 0.717) is 4.68 Å². The number of carbonyl (C=O) groups excluding carboxylic acids is 1. The monoisotopic (exact) mass is 446 g/mol. The summed E-state index contributed by atoms with van der Waals surface area (Å²) < 4.78 is 46.7. The molecule has 0 unspecified atom stereocenters. The zero-order chi connectivity index (χ0) is 22.7. The number of rotatable bonds is 6. The van der Waals surface area contributed by atoms with Gasteiger partial charge in [-0.25, -0.2) is 4.68 Å². The highest BCUT2D eigenvalue weighted by atomic mass is 19.4. The molecule has 32 heavy (non-hydrogen) atoms. The number of nitrogens with one attached hydrogen (secondary N) is 1. The SMILES string of the molecule is COc1ccc(-n2ncc(C(=O)NCc3ccc(N4CCCC4)cc3)c2C(F)(F)F)nn1. The zero-order valence-electron chi connectivity index (χ0n) is 17.3. The van der Waals surface area contributed by atoms with Crippen molar-refractivity contribution in [3.63, 3.8) is 0 Å². The third-order valence-corrected chi connectivity index (χ3v) is 5.20. The van der Waals surface area contributed by atoms with Crippen LogP contribution < -0.4 is 15.0 Å². The van der Waals surface area contributed by atoms with Crippen molar-refractivity contribution in [2.75, 3.05) is 25.1 Å². The minimum absolute atomic E-state index is 0.0872. The number of halogens is 3. The van der Waals surface area contributed by atoms with Crippen LogP contribution in [0.5, 0.6) is 5.88 Å². The summed E-state index contributed by atoms with van der Waals surface area (Å²) in [5.41, 5.74) is 0.0599. The number of aromatic nitrogens is 4. The minimum atomic E-state index is -4.83. The van der Waals surface area contributed by atoms with E-state index >= 15 is 0 Å². The average molecular weight is 446 g/mol. The molecule has 1 fully saturated rings. The van der Waals surface area contributed by atoms with Gasteiger partial charge in [-0.05, 0) is 36.6 Å². The lowest BCUT2D eigenvalue weighted by Gasteiger charge is -2.17.